The summed E-state index contributed by atoms with van der Waals surface area (Å²) in [5, 5.41) is 0.292. The first-order chi connectivity index (χ1) is 9.79. The lowest BCUT2D eigenvalue weighted by molar-refractivity contribution is 0.188. The average Bonchev–Trinajstić information content (AvgIpc) is 2.38. The summed E-state index contributed by atoms with van der Waals surface area (Å²) < 4.78 is 27.9. The molecule has 1 aromatic heterocycles. The molecule has 21 heavy (non-hydrogen) atoms. The normalized spacial score (nSPS) is 27.0. The van der Waals surface area contributed by atoms with Crippen molar-refractivity contribution in [2.45, 2.75) is 51.0 Å². The number of halogens is 1. The van der Waals surface area contributed by atoms with Crippen LogP contribution in [0.15, 0.2) is 23.2 Å². The predicted molar refractivity (Wildman–Crippen MR) is 84.7 cm³/mol. The number of pyridine rings is 1. The molecule has 0 amide bonds. The summed E-state index contributed by atoms with van der Waals surface area (Å²) in [5.74, 6) is 1.40. The quantitative estimate of drug-likeness (QED) is 0.860. The Morgan fingerprint density at radius 1 is 1.33 bits per heavy atom. The maximum absolute atomic E-state index is 12.5. The molecule has 6 heteroatoms. The lowest BCUT2D eigenvalue weighted by Gasteiger charge is -2.37. The molecule has 0 bridgehead atoms. The fraction of sp³-hybridized carbons (Fsp3) is 0.667. The molecular weight excluding hydrogens is 308 g/mol. The van der Waals surface area contributed by atoms with Gasteiger partial charge in [-0.05, 0) is 42.7 Å². The minimum atomic E-state index is -3.54. The van der Waals surface area contributed by atoms with Crippen molar-refractivity contribution in [3.8, 4) is 0 Å². The summed E-state index contributed by atoms with van der Waals surface area (Å²) in [4.78, 5) is 4.03. The molecule has 0 aliphatic heterocycles. The van der Waals surface area contributed by atoms with Crippen LogP contribution in [0.1, 0.15) is 40.0 Å². The fourth-order valence-corrected chi connectivity index (χ4v) is 4.48. The molecule has 1 fully saturated rings. The average molecular weight is 331 g/mol. The summed E-state index contributed by atoms with van der Waals surface area (Å²) >= 11 is 5.71. The van der Waals surface area contributed by atoms with E-state index in [9.17, 15) is 8.42 Å². The van der Waals surface area contributed by atoms with Gasteiger partial charge >= 0.3 is 0 Å². The lowest BCUT2D eigenvalue weighted by atomic mass is 9.74. The second kappa shape index (κ2) is 6.63. The van der Waals surface area contributed by atoms with Crippen LogP contribution >= 0.6 is 11.6 Å². The number of sulfonamides is 1. The minimum absolute atomic E-state index is 0.00516. The van der Waals surface area contributed by atoms with E-state index in [4.69, 9.17) is 11.6 Å². The Labute approximate surface area is 132 Å². The number of hydrogen-bond acceptors (Lipinski definition) is 3. The van der Waals surface area contributed by atoms with Gasteiger partial charge in [0.15, 0.2) is 0 Å². The van der Waals surface area contributed by atoms with Crippen LogP contribution in [0.3, 0.4) is 0 Å². The van der Waals surface area contributed by atoms with E-state index in [1.165, 1.54) is 24.8 Å². The molecule has 0 spiro atoms. The Morgan fingerprint density at radius 3 is 2.62 bits per heavy atom. The highest BCUT2D eigenvalue weighted by atomic mass is 35.5. The summed E-state index contributed by atoms with van der Waals surface area (Å²) in [6, 6.07) is 2.99. The van der Waals surface area contributed by atoms with Gasteiger partial charge < -0.3 is 0 Å². The van der Waals surface area contributed by atoms with E-state index >= 15 is 0 Å². The molecular formula is C15H23ClN2O2S. The zero-order valence-corrected chi connectivity index (χ0v) is 14.3. The molecule has 2 rings (SSSR count). The first kappa shape index (κ1) is 16.7. The second-order valence-electron chi connectivity index (χ2n) is 6.37. The molecule has 0 radical (unpaired) electrons. The Kier molecular flexibility index (Phi) is 5.28. The molecule has 1 saturated carbocycles. The third-order valence-electron chi connectivity index (χ3n) is 4.34. The van der Waals surface area contributed by atoms with Gasteiger partial charge in [0.1, 0.15) is 10.0 Å². The number of aromatic nitrogens is 1. The van der Waals surface area contributed by atoms with Crippen LogP contribution in [-0.4, -0.2) is 19.4 Å². The van der Waals surface area contributed by atoms with Gasteiger partial charge in [-0.15, -0.1) is 0 Å². The van der Waals surface area contributed by atoms with Gasteiger partial charge in [-0.1, -0.05) is 38.8 Å². The van der Waals surface area contributed by atoms with Crippen molar-refractivity contribution in [2.75, 3.05) is 0 Å². The van der Waals surface area contributed by atoms with Crippen LogP contribution in [0.2, 0.25) is 5.15 Å². The Morgan fingerprint density at radius 2 is 2.05 bits per heavy atom. The molecule has 3 atom stereocenters. The molecule has 118 valence electrons. The van der Waals surface area contributed by atoms with Crippen molar-refractivity contribution in [1.29, 1.82) is 0 Å². The maximum Gasteiger partial charge on any atom is 0.242 e. The molecule has 4 nitrogen and oxygen atoms in total. The highest BCUT2D eigenvalue weighted by Gasteiger charge is 2.33. The number of nitrogens with one attached hydrogen (secondary N) is 1. The van der Waals surface area contributed by atoms with Gasteiger partial charge in [0.2, 0.25) is 10.0 Å². The zero-order chi connectivity index (χ0) is 15.6. The van der Waals surface area contributed by atoms with Crippen molar-refractivity contribution < 1.29 is 8.42 Å². The highest BCUT2D eigenvalue weighted by molar-refractivity contribution is 7.89. The summed E-state index contributed by atoms with van der Waals surface area (Å²) in [6.45, 7) is 6.50. The van der Waals surface area contributed by atoms with E-state index < -0.39 is 10.0 Å². The maximum atomic E-state index is 12.5. The van der Waals surface area contributed by atoms with E-state index in [2.05, 4.69) is 30.5 Å². The van der Waals surface area contributed by atoms with Crippen LogP contribution < -0.4 is 4.72 Å². The minimum Gasteiger partial charge on any atom is -0.243 e. The molecule has 0 aromatic carbocycles. The third kappa shape index (κ3) is 4.18. The van der Waals surface area contributed by atoms with E-state index in [0.717, 1.165) is 12.8 Å². The number of rotatable bonds is 4. The van der Waals surface area contributed by atoms with Crippen molar-refractivity contribution in [3.63, 3.8) is 0 Å². The second-order valence-corrected chi connectivity index (χ2v) is 8.47. The van der Waals surface area contributed by atoms with E-state index in [1.807, 2.05) is 0 Å². The van der Waals surface area contributed by atoms with Crippen LogP contribution in [0.25, 0.3) is 0 Å². The Bertz CT molecular complexity index is 572. The van der Waals surface area contributed by atoms with E-state index in [0.29, 0.717) is 22.9 Å². The zero-order valence-electron chi connectivity index (χ0n) is 12.7. The third-order valence-corrected chi connectivity index (χ3v) is 6.04. The van der Waals surface area contributed by atoms with Crippen LogP contribution in [0, 0.1) is 17.8 Å². The van der Waals surface area contributed by atoms with Gasteiger partial charge in [0.05, 0.1) is 0 Å². The lowest BCUT2D eigenvalue weighted by Crippen LogP contribution is -2.45. The highest BCUT2D eigenvalue weighted by Crippen LogP contribution is 2.34. The van der Waals surface area contributed by atoms with Gasteiger partial charge in [-0.2, -0.15) is 0 Å². The van der Waals surface area contributed by atoms with E-state index in [1.54, 1.807) is 0 Å². The van der Waals surface area contributed by atoms with Crippen LogP contribution in [-0.2, 0) is 10.0 Å². The molecule has 1 aliphatic rings. The summed E-state index contributed by atoms with van der Waals surface area (Å²) in [6.07, 6.45) is 4.44. The number of hydrogen-bond donors (Lipinski definition) is 1. The molecule has 0 saturated heterocycles. The molecule has 1 N–H and O–H groups in total. The molecule has 1 aromatic rings. The van der Waals surface area contributed by atoms with Crippen molar-refractivity contribution in [2.24, 2.45) is 17.8 Å². The van der Waals surface area contributed by atoms with Gasteiger partial charge in [0.25, 0.3) is 0 Å². The standard InChI is InChI=1S/C15H23ClN2O2S/c1-10(2)13-6-4-11(3)8-14(13)18-21(19,20)12-5-7-15(16)17-9-12/h5,7,9-11,13-14,18H,4,6,8H2,1-3H3. The molecule has 1 heterocycles. The topological polar surface area (TPSA) is 59.1 Å². The smallest absolute Gasteiger partial charge is 0.242 e. The monoisotopic (exact) mass is 330 g/mol. The van der Waals surface area contributed by atoms with Crippen LogP contribution in [0.4, 0.5) is 0 Å². The fourth-order valence-electron chi connectivity index (χ4n) is 3.13. The number of nitrogens with zero attached hydrogens (tertiary/aromatic N) is 1. The van der Waals surface area contributed by atoms with Crippen molar-refractivity contribution >= 4 is 21.6 Å². The van der Waals surface area contributed by atoms with E-state index in [-0.39, 0.29) is 10.9 Å². The predicted octanol–water partition coefficient (Wildman–Crippen LogP) is 3.47. The SMILES string of the molecule is CC1CCC(C(C)C)C(NS(=O)(=O)c2ccc(Cl)nc2)C1. The first-order valence-corrected chi connectivity index (χ1v) is 9.29. The van der Waals surface area contributed by atoms with Gasteiger partial charge in [0, 0.05) is 12.2 Å². The van der Waals surface area contributed by atoms with Crippen LogP contribution in [0.5, 0.6) is 0 Å². The largest absolute Gasteiger partial charge is 0.243 e. The Balaban J connectivity index is 2.19. The van der Waals surface area contributed by atoms with Crippen molar-refractivity contribution in [3.05, 3.63) is 23.5 Å². The summed E-state index contributed by atoms with van der Waals surface area (Å²) in [5.41, 5.74) is 0. The summed E-state index contributed by atoms with van der Waals surface area (Å²) in [7, 11) is -3.54. The van der Waals surface area contributed by atoms with Gasteiger partial charge in [-0.3, -0.25) is 0 Å². The molecule has 1 aliphatic carbocycles. The van der Waals surface area contributed by atoms with Crippen molar-refractivity contribution in [1.82, 2.24) is 9.71 Å². The molecule has 3 unspecified atom stereocenters. The first-order valence-electron chi connectivity index (χ1n) is 7.43. The van der Waals surface area contributed by atoms with Gasteiger partial charge in [-0.25, -0.2) is 18.1 Å². The Hall–Kier alpha value is -0.650.